The molecule has 0 bridgehead atoms. The Morgan fingerprint density at radius 3 is 3.00 bits per heavy atom. The summed E-state index contributed by atoms with van der Waals surface area (Å²) in [4.78, 5) is 0. The number of allylic oxidation sites excluding steroid dienone is 2. The highest BCUT2D eigenvalue weighted by Gasteiger charge is 2.13. The summed E-state index contributed by atoms with van der Waals surface area (Å²) in [6, 6.07) is 0. The van der Waals surface area contributed by atoms with Crippen molar-refractivity contribution in [3.63, 3.8) is 0 Å². The highest BCUT2D eigenvalue weighted by Crippen LogP contribution is 2.25. The van der Waals surface area contributed by atoms with E-state index < -0.39 is 0 Å². The van der Waals surface area contributed by atoms with Crippen molar-refractivity contribution in [3.05, 3.63) is 12.2 Å². The van der Waals surface area contributed by atoms with Crippen molar-refractivity contribution in [3.8, 4) is 0 Å². The lowest BCUT2D eigenvalue weighted by molar-refractivity contribution is 0.387. The van der Waals surface area contributed by atoms with Gasteiger partial charge in [-0.3, -0.25) is 0 Å². The van der Waals surface area contributed by atoms with Gasteiger partial charge in [-0.15, -0.1) is 0 Å². The van der Waals surface area contributed by atoms with E-state index in [1.807, 2.05) is 0 Å². The summed E-state index contributed by atoms with van der Waals surface area (Å²) in [5, 5.41) is 0. The summed E-state index contributed by atoms with van der Waals surface area (Å²) in [6.45, 7) is 4.67. The van der Waals surface area contributed by atoms with Crippen LogP contribution in [-0.4, -0.2) is 0 Å². The van der Waals surface area contributed by atoms with Gasteiger partial charge in [0.1, 0.15) is 0 Å². The lowest BCUT2D eigenvalue weighted by Gasteiger charge is -2.17. The van der Waals surface area contributed by atoms with Crippen molar-refractivity contribution >= 4 is 0 Å². The van der Waals surface area contributed by atoms with E-state index in [9.17, 15) is 0 Å². The molecule has 0 nitrogen and oxygen atoms in total. The standard InChI is InChI=1S/C11H20/c1-3-10(2)11-8-6-4-5-7-9-11/h6,8,10-11H,3-5,7,9H2,1-2H3. The Balaban J connectivity index is 2.41. The zero-order chi connectivity index (χ0) is 8.10. The van der Waals surface area contributed by atoms with Crippen LogP contribution in [0.4, 0.5) is 0 Å². The predicted molar refractivity (Wildman–Crippen MR) is 50.6 cm³/mol. The molecule has 1 rings (SSSR count). The van der Waals surface area contributed by atoms with E-state index in [1.165, 1.54) is 32.1 Å². The molecule has 0 spiro atoms. The third kappa shape index (κ3) is 2.69. The molecule has 64 valence electrons. The van der Waals surface area contributed by atoms with Crippen LogP contribution in [0.25, 0.3) is 0 Å². The third-order valence-electron chi connectivity index (χ3n) is 2.92. The van der Waals surface area contributed by atoms with Gasteiger partial charge in [-0.25, -0.2) is 0 Å². The van der Waals surface area contributed by atoms with Gasteiger partial charge < -0.3 is 0 Å². The molecule has 0 heteroatoms. The molecule has 11 heavy (non-hydrogen) atoms. The van der Waals surface area contributed by atoms with Crippen molar-refractivity contribution in [2.24, 2.45) is 11.8 Å². The molecule has 0 aliphatic heterocycles. The quantitative estimate of drug-likeness (QED) is 0.528. The van der Waals surface area contributed by atoms with Crippen molar-refractivity contribution in [2.75, 3.05) is 0 Å². The first-order valence-electron chi connectivity index (χ1n) is 5.01. The maximum atomic E-state index is 2.45. The van der Waals surface area contributed by atoms with Gasteiger partial charge in [-0.05, 0) is 31.1 Å². The van der Waals surface area contributed by atoms with Crippen LogP contribution in [0.5, 0.6) is 0 Å². The Hall–Kier alpha value is -0.260. The van der Waals surface area contributed by atoms with Gasteiger partial charge in [0.25, 0.3) is 0 Å². The highest BCUT2D eigenvalue weighted by atomic mass is 14.2. The van der Waals surface area contributed by atoms with Crippen molar-refractivity contribution < 1.29 is 0 Å². The van der Waals surface area contributed by atoms with E-state index in [4.69, 9.17) is 0 Å². The summed E-state index contributed by atoms with van der Waals surface area (Å²) in [6.07, 6.45) is 11.7. The topological polar surface area (TPSA) is 0 Å². The highest BCUT2D eigenvalue weighted by molar-refractivity contribution is 4.92. The van der Waals surface area contributed by atoms with Crippen LogP contribution in [0.3, 0.4) is 0 Å². The molecule has 2 unspecified atom stereocenters. The fraction of sp³-hybridized carbons (Fsp3) is 0.818. The molecule has 0 saturated carbocycles. The molecule has 0 aromatic heterocycles. The van der Waals surface area contributed by atoms with Crippen molar-refractivity contribution in [1.82, 2.24) is 0 Å². The lowest BCUT2D eigenvalue weighted by Crippen LogP contribution is -2.07. The smallest absolute Gasteiger partial charge is 0.0208 e. The van der Waals surface area contributed by atoms with Gasteiger partial charge in [0.15, 0.2) is 0 Å². The lowest BCUT2D eigenvalue weighted by atomic mass is 9.88. The van der Waals surface area contributed by atoms with Crippen LogP contribution in [0, 0.1) is 11.8 Å². The second kappa shape index (κ2) is 4.58. The van der Waals surface area contributed by atoms with E-state index in [1.54, 1.807) is 0 Å². The summed E-state index contributed by atoms with van der Waals surface area (Å²) in [7, 11) is 0. The van der Waals surface area contributed by atoms with Gasteiger partial charge >= 0.3 is 0 Å². The molecule has 0 fully saturated rings. The minimum Gasteiger partial charge on any atom is -0.0882 e. The monoisotopic (exact) mass is 152 g/mol. The summed E-state index contributed by atoms with van der Waals surface area (Å²) < 4.78 is 0. The van der Waals surface area contributed by atoms with Gasteiger partial charge in [0.2, 0.25) is 0 Å². The van der Waals surface area contributed by atoms with Crippen molar-refractivity contribution in [1.29, 1.82) is 0 Å². The van der Waals surface area contributed by atoms with Crippen LogP contribution >= 0.6 is 0 Å². The van der Waals surface area contributed by atoms with Crippen LogP contribution in [0.1, 0.15) is 46.0 Å². The van der Waals surface area contributed by atoms with E-state index in [-0.39, 0.29) is 0 Å². The Kier molecular flexibility index (Phi) is 3.68. The second-order valence-corrected chi connectivity index (χ2v) is 3.76. The Morgan fingerprint density at radius 2 is 2.27 bits per heavy atom. The fourth-order valence-electron chi connectivity index (χ4n) is 1.79. The van der Waals surface area contributed by atoms with Crippen molar-refractivity contribution in [2.45, 2.75) is 46.0 Å². The molecule has 0 aromatic rings. The summed E-state index contributed by atoms with van der Waals surface area (Å²) in [5.74, 6) is 1.77. The first kappa shape index (κ1) is 8.83. The average Bonchev–Trinajstić information content (AvgIpc) is 2.30. The molecule has 0 radical (unpaired) electrons. The van der Waals surface area contributed by atoms with Gasteiger partial charge in [-0.2, -0.15) is 0 Å². The normalized spacial score (nSPS) is 28.0. The van der Waals surface area contributed by atoms with E-state index in [2.05, 4.69) is 26.0 Å². The van der Waals surface area contributed by atoms with Gasteiger partial charge in [0, 0.05) is 0 Å². The number of rotatable bonds is 2. The molecule has 1 aliphatic rings. The maximum Gasteiger partial charge on any atom is -0.0208 e. The maximum absolute atomic E-state index is 2.45. The molecular formula is C11H20. The third-order valence-corrected chi connectivity index (χ3v) is 2.92. The minimum atomic E-state index is 0.877. The minimum absolute atomic E-state index is 0.877. The van der Waals surface area contributed by atoms with Crippen LogP contribution in [-0.2, 0) is 0 Å². The molecule has 0 amide bonds. The van der Waals surface area contributed by atoms with Gasteiger partial charge in [-0.1, -0.05) is 38.8 Å². The van der Waals surface area contributed by atoms with Crippen LogP contribution < -0.4 is 0 Å². The molecule has 2 atom stereocenters. The van der Waals surface area contributed by atoms with E-state index >= 15 is 0 Å². The fourth-order valence-corrected chi connectivity index (χ4v) is 1.79. The second-order valence-electron chi connectivity index (χ2n) is 3.76. The number of hydrogen-bond donors (Lipinski definition) is 0. The molecule has 0 N–H and O–H groups in total. The average molecular weight is 152 g/mol. The summed E-state index contributed by atoms with van der Waals surface area (Å²) in [5.41, 5.74) is 0. The first-order chi connectivity index (χ1) is 5.34. The Bertz CT molecular complexity index is 124. The number of hydrogen-bond acceptors (Lipinski definition) is 0. The SMILES string of the molecule is CCC(C)C1C=CCCCC1. The van der Waals surface area contributed by atoms with Crippen LogP contribution in [0.15, 0.2) is 12.2 Å². The van der Waals surface area contributed by atoms with Gasteiger partial charge in [0.05, 0.1) is 0 Å². The molecular weight excluding hydrogens is 132 g/mol. The van der Waals surface area contributed by atoms with E-state index in [0.29, 0.717) is 0 Å². The Morgan fingerprint density at radius 1 is 1.45 bits per heavy atom. The van der Waals surface area contributed by atoms with Crippen LogP contribution in [0.2, 0.25) is 0 Å². The predicted octanol–water partition coefficient (Wildman–Crippen LogP) is 3.78. The summed E-state index contributed by atoms with van der Waals surface area (Å²) >= 11 is 0. The molecule has 0 aromatic carbocycles. The molecule has 0 heterocycles. The largest absolute Gasteiger partial charge is 0.0882 e. The Labute approximate surface area is 70.7 Å². The van der Waals surface area contributed by atoms with E-state index in [0.717, 1.165) is 11.8 Å². The molecule has 0 saturated heterocycles. The first-order valence-corrected chi connectivity index (χ1v) is 5.01. The molecule has 1 aliphatic carbocycles. The zero-order valence-corrected chi connectivity index (χ0v) is 7.84. The zero-order valence-electron chi connectivity index (χ0n) is 7.84.